The van der Waals surface area contributed by atoms with Crippen LogP contribution in [0.3, 0.4) is 0 Å². The third-order valence-corrected chi connectivity index (χ3v) is 5.17. The summed E-state index contributed by atoms with van der Waals surface area (Å²) in [6.07, 6.45) is 2.86. The van der Waals surface area contributed by atoms with Crippen molar-refractivity contribution in [1.29, 1.82) is 0 Å². The molecule has 1 aromatic heterocycles. The first kappa shape index (κ1) is 16.6. The fourth-order valence-corrected chi connectivity index (χ4v) is 3.76. The lowest BCUT2D eigenvalue weighted by atomic mass is 10.0. The Bertz CT molecular complexity index is 950. The van der Waals surface area contributed by atoms with E-state index in [1.165, 1.54) is 5.56 Å². The summed E-state index contributed by atoms with van der Waals surface area (Å²) in [6.45, 7) is 1.37. The quantitative estimate of drug-likeness (QED) is 0.725. The van der Waals surface area contributed by atoms with Gasteiger partial charge in [-0.05, 0) is 37.0 Å². The van der Waals surface area contributed by atoms with Crippen molar-refractivity contribution in [3.05, 3.63) is 70.7 Å². The number of aromatic nitrogens is 1. The van der Waals surface area contributed by atoms with Gasteiger partial charge in [0.15, 0.2) is 5.58 Å². The van der Waals surface area contributed by atoms with Crippen molar-refractivity contribution in [1.82, 2.24) is 9.47 Å². The van der Waals surface area contributed by atoms with E-state index in [1.54, 1.807) is 4.57 Å². The van der Waals surface area contributed by atoms with Crippen molar-refractivity contribution in [2.24, 2.45) is 0 Å². The first-order chi connectivity index (χ1) is 12.7. The highest BCUT2D eigenvalue weighted by Crippen LogP contribution is 2.26. The van der Waals surface area contributed by atoms with Gasteiger partial charge in [-0.1, -0.05) is 42.5 Å². The summed E-state index contributed by atoms with van der Waals surface area (Å²) in [7, 11) is 0. The predicted molar refractivity (Wildman–Crippen MR) is 100 cm³/mol. The van der Waals surface area contributed by atoms with Crippen molar-refractivity contribution in [2.45, 2.75) is 31.7 Å². The summed E-state index contributed by atoms with van der Waals surface area (Å²) in [5.41, 5.74) is 2.65. The number of rotatable bonds is 4. The molecule has 2 heterocycles. The fourth-order valence-electron chi connectivity index (χ4n) is 3.76. The van der Waals surface area contributed by atoms with Crippen molar-refractivity contribution in [3.8, 4) is 0 Å². The Morgan fingerprint density at radius 3 is 2.46 bits per heavy atom. The molecule has 26 heavy (non-hydrogen) atoms. The molecular formula is C21H22N2O3. The third-order valence-electron chi connectivity index (χ3n) is 5.17. The SMILES string of the molecule is O=C(CCc1ccccc1)N1CCC(n2c(=O)oc3ccccc32)CC1. The maximum absolute atomic E-state index is 12.5. The number of hydrogen-bond acceptors (Lipinski definition) is 3. The number of fused-ring (bicyclic) bond motifs is 1. The maximum Gasteiger partial charge on any atom is 0.420 e. The summed E-state index contributed by atoms with van der Waals surface area (Å²) >= 11 is 0. The minimum Gasteiger partial charge on any atom is -0.408 e. The largest absolute Gasteiger partial charge is 0.420 e. The number of nitrogens with zero attached hydrogens (tertiary/aromatic N) is 2. The van der Waals surface area contributed by atoms with E-state index in [2.05, 4.69) is 12.1 Å². The van der Waals surface area contributed by atoms with Gasteiger partial charge >= 0.3 is 5.76 Å². The van der Waals surface area contributed by atoms with Crippen LogP contribution in [0.25, 0.3) is 11.1 Å². The highest BCUT2D eigenvalue weighted by molar-refractivity contribution is 5.76. The summed E-state index contributed by atoms with van der Waals surface area (Å²) in [5, 5.41) is 0. The van der Waals surface area contributed by atoms with Crippen LogP contribution in [0.4, 0.5) is 0 Å². The number of carbonyl (C=O) groups is 1. The van der Waals surface area contributed by atoms with E-state index in [1.807, 2.05) is 47.4 Å². The molecule has 134 valence electrons. The van der Waals surface area contributed by atoms with E-state index < -0.39 is 0 Å². The van der Waals surface area contributed by atoms with E-state index >= 15 is 0 Å². The second-order valence-electron chi connectivity index (χ2n) is 6.80. The molecule has 2 aromatic carbocycles. The Hall–Kier alpha value is -2.82. The van der Waals surface area contributed by atoms with Crippen LogP contribution in [0.5, 0.6) is 0 Å². The zero-order valence-electron chi connectivity index (χ0n) is 14.6. The van der Waals surface area contributed by atoms with Crippen molar-refractivity contribution in [2.75, 3.05) is 13.1 Å². The highest BCUT2D eigenvalue weighted by atomic mass is 16.4. The number of hydrogen-bond donors (Lipinski definition) is 0. The van der Waals surface area contributed by atoms with Crippen LogP contribution < -0.4 is 5.76 Å². The topological polar surface area (TPSA) is 55.5 Å². The molecule has 0 radical (unpaired) electrons. The molecule has 1 fully saturated rings. The number of aryl methyl sites for hydroxylation is 1. The molecule has 3 aromatic rings. The van der Waals surface area contributed by atoms with Crippen LogP contribution in [0.1, 0.15) is 30.9 Å². The standard InChI is InChI=1S/C21H22N2O3/c24-20(11-10-16-6-2-1-3-7-16)22-14-12-17(13-15-22)23-18-8-4-5-9-19(18)26-21(23)25/h1-9,17H,10-15H2. The molecule has 1 aliphatic rings. The molecule has 0 aliphatic carbocycles. The Morgan fingerprint density at radius 2 is 1.69 bits per heavy atom. The minimum absolute atomic E-state index is 0.0873. The average Bonchev–Trinajstić information content (AvgIpc) is 3.03. The molecule has 1 aliphatic heterocycles. The number of amides is 1. The Kier molecular flexibility index (Phi) is 4.61. The molecular weight excluding hydrogens is 328 g/mol. The van der Waals surface area contributed by atoms with Crippen molar-refractivity contribution in [3.63, 3.8) is 0 Å². The maximum atomic E-state index is 12.5. The molecule has 0 N–H and O–H groups in total. The van der Waals surface area contributed by atoms with Gasteiger partial charge in [-0.2, -0.15) is 0 Å². The van der Waals surface area contributed by atoms with Crippen molar-refractivity contribution >= 4 is 17.0 Å². The van der Waals surface area contributed by atoms with Crippen LogP contribution >= 0.6 is 0 Å². The summed E-state index contributed by atoms with van der Waals surface area (Å²) in [4.78, 5) is 26.6. The van der Waals surface area contributed by atoms with Gasteiger partial charge in [-0.25, -0.2) is 4.79 Å². The average molecular weight is 350 g/mol. The van der Waals surface area contributed by atoms with Gasteiger partial charge in [0, 0.05) is 25.6 Å². The molecule has 5 nitrogen and oxygen atoms in total. The number of piperidine rings is 1. The zero-order chi connectivity index (χ0) is 17.9. The van der Waals surface area contributed by atoms with Crippen LogP contribution in [-0.2, 0) is 11.2 Å². The molecule has 0 atom stereocenters. The third kappa shape index (κ3) is 3.29. The van der Waals surface area contributed by atoms with Gasteiger partial charge in [0.2, 0.25) is 5.91 Å². The Balaban J connectivity index is 1.38. The number of carbonyl (C=O) groups excluding carboxylic acids is 1. The molecule has 1 saturated heterocycles. The normalized spacial score (nSPS) is 15.5. The lowest BCUT2D eigenvalue weighted by Gasteiger charge is -2.32. The van der Waals surface area contributed by atoms with Gasteiger partial charge < -0.3 is 9.32 Å². The zero-order valence-corrected chi connectivity index (χ0v) is 14.6. The number of para-hydroxylation sites is 2. The summed E-state index contributed by atoms with van der Waals surface area (Å²) < 4.78 is 7.09. The molecule has 0 saturated carbocycles. The van der Waals surface area contributed by atoms with Gasteiger partial charge in [-0.15, -0.1) is 0 Å². The molecule has 4 rings (SSSR count). The van der Waals surface area contributed by atoms with E-state index in [4.69, 9.17) is 4.42 Å². The van der Waals surface area contributed by atoms with Gasteiger partial charge in [0.05, 0.1) is 5.52 Å². The first-order valence-electron chi connectivity index (χ1n) is 9.14. The molecule has 1 amide bonds. The molecule has 0 unspecified atom stereocenters. The van der Waals surface area contributed by atoms with E-state index in [9.17, 15) is 9.59 Å². The molecule has 0 spiro atoms. The first-order valence-corrected chi connectivity index (χ1v) is 9.14. The van der Waals surface area contributed by atoms with Crippen LogP contribution in [0, 0.1) is 0 Å². The monoisotopic (exact) mass is 350 g/mol. The van der Waals surface area contributed by atoms with E-state index in [-0.39, 0.29) is 17.7 Å². The van der Waals surface area contributed by atoms with Crippen LogP contribution in [0.15, 0.2) is 63.8 Å². The number of oxazole rings is 1. The highest BCUT2D eigenvalue weighted by Gasteiger charge is 2.26. The van der Waals surface area contributed by atoms with Gasteiger partial charge in [-0.3, -0.25) is 9.36 Å². The van der Waals surface area contributed by atoms with Crippen LogP contribution in [0.2, 0.25) is 0 Å². The summed E-state index contributed by atoms with van der Waals surface area (Å²) in [6, 6.07) is 17.7. The van der Waals surface area contributed by atoms with Crippen molar-refractivity contribution < 1.29 is 9.21 Å². The van der Waals surface area contributed by atoms with E-state index in [0.29, 0.717) is 25.1 Å². The fraction of sp³-hybridized carbons (Fsp3) is 0.333. The van der Waals surface area contributed by atoms with Gasteiger partial charge in [0.1, 0.15) is 0 Å². The van der Waals surface area contributed by atoms with E-state index in [0.717, 1.165) is 24.8 Å². The summed E-state index contributed by atoms with van der Waals surface area (Å²) in [5.74, 6) is -0.114. The lowest BCUT2D eigenvalue weighted by Crippen LogP contribution is -2.40. The Labute approximate surface area is 151 Å². The second kappa shape index (κ2) is 7.20. The molecule has 5 heteroatoms. The van der Waals surface area contributed by atoms with Crippen LogP contribution in [-0.4, -0.2) is 28.5 Å². The second-order valence-corrected chi connectivity index (χ2v) is 6.80. The predicted octanol–water partition coefficient (Wildman–Crippen LogP) is 3.39. The lowest BCUT2D eigenvalue weighted by molar-refractivity contribution is -0.132. The number of benzene rings is 2. The number of likely N-dealkylation sites (tertiary alicyclic amines) is 1. The minimum atomic E-state index is -0.306. The smallest absolute Gasteiger partial charge is 0.408 e. The van der Waals surface area contributed by atoms with Gasteiger partial charge in [0.25, 0.3) is 0 Å². The Morgan fingerprint density at radius 1 is 1.00 bits per heavy atom. The molecule has 0 bridgehead atoms.